The Labute approximate surface area is 173 Å². The van der Waals surface area contributed by atoms with Crippen LogP contribution in [0.2, 0.25) is 5.02 Å². The normalized spacial score (nSPS) is 27.2. The maximum atomic E-state index is 11.9. The van der Waals surface area contributed by atoms with Crippen molar-refractivity contribution in [1.29, 1.82) is 0 Å². The molecule has 2 aromatic rings. The predicted octanol–water partition coefficient (Wildman–Crippen LogP) is 3.96. The number of nitrogens with zero attached hydrogens (tertiary/aromatic N) is 1. The van der Waals surface area contributed by atoms with E-state index in [4.69, 9.17) is 16.3 Å². The molecule has 3 atom stereocenters. The largest absolute Gasteiger partial charge is 0.490 e. The Kier molecular flexibility index (Phi) is 5.00. The number of aliphatic carboxylic acids is 2. The van der Waals surface area contributed by atoms with Crippen LogP contribution in [0.1, 0.15) is 25.7 Å². The average Bonchev–Trinajstić information content (AvgIpc) is 2.87. The summed E-state index contributed by atoms with van der Waals surface area (Å²) in [5.74, 6) is -1.74. The van der Waals surface area contributed by atoms with Gasteiger partial charge in [-0.05, 0) is 38.4 Å². The van der Waals surface area contributed by atoms with Crippen molar-refractivity contribution in [1.82, 2.24) is 4.90 Å². The minimum Gasteiger partial charge on any atom is -0.490 e. The SMILES string of the molecule is CN1C2CCC1(/C(=C\C(=O)O)C(=O)O)CC(Oc1ccc(Cl)c3ccccc13)C2. The van der Waals surface area contributed by atoms with Gasteiger partial charge in [-0.3, -0.25) is 4.90 Å². The Bertz CT molecular complexity index is 1020. The Morgan fingerprint density at radius 3 is 2.62 bits per heavy atom. The fourth-order valence-corrected chi connectivity index (χ4v) is 5.20. The first kappa shape index (κ1) is 19.7. The van der Waals surface area contributed by atoms with Crippen molar-refractivity contribution in [2.75, 3.05) is 7.05 Å². The van der Waals surface area contributed by atoms with Crippen LogP contribution in [-0.4, -0.2) is 51.8 Å². The standard InChI is InChI=1S/C22H22ClNO5/c1-24-13-8-9-22(24,17(21(27)28)11-20(25)26)12-14(10-13)29-19-7-6-18(23)15-4-2-3-5-16(15)19/h2-7,11,13-14H,8-10,12H2,1H3,(H,25,26)(H,27,28)/b17-11-. The van der Waals surface area contributed by atoms with Gasteiger partial charge in [-0.2, -0.15) is 0 Å². The van der Waals surface area contributed by atoms with E-state index in [9.17, 15) is 19.8 Å². The van der Waals surface area contributed by atoms with Gasteiger partial charge in [0.05, 0.1) is 11.1 Å². The summed E-state index contributed by atoms with van der Waals surface area (Å²) >= 11 is 6.30. The third-order valence-corrected chi connectivity index (χ3v) is 6.67. The van der Waals surface area contributed by atoms with Crippen LogP contribution in [0.25, 0.3) is 10.8 Å². The molecule has 0 radical (unpaired) electrons. The maximum absolute atomic E-state index is 11.9. The van der Waals surface area contributed by atoms with Gasteiger partial charge < -0.3 is 14.9 Å². The lowest BCUT2D eigenvalue weighted by Gasteiger charge is -2.46. The number of hydrogen-bond donors (Lipinski definition) is 2. The molecule has 7 heteroatoms. The second-order valence-electron chi connectivity index (χ2n) is 7.81. The van der Waals surface area contributed by atoms with Crippen LogP contribution < -0.4 is 4.74 Å². The molecule has 2 aromatic carbocycles. The van der Waals surface area contributed by atoms with Crippen LogP contribution in [0, 0.1) is 0 Å². The van der Waals surface area contributed by atoms with Crippen LogP contribution in [0.4, 0.5) is 0 Å². The van der Waals surface area contributed by atoms with Crippen molar-refractivity contribution in [3.8, 4) is 5.75 Å². The van der Waals surface area contributed by atoms with Gasteiger partial charge in [-0.15, -0.1) is 0 Å². The van der Waals surface area contributed by atoms with Crippen LogP contribution in [0.3, 0.4) is 0 Å². The molecule has 0 amide bonds. The Morgan fingerprint density at radius 1 is 1.21 bits per heavy atom. The highest BCUT2D eigenvalue weighted by molar-refractivity contribution is 6.35. The molecule has 2 heterocycles. The number of hydrogen-bond acceptors (Lipinski definition) is 4. The molecular weight excluding hydrogens is 394 g/mol. The molecule has 0 aromatic heterocycles. The van der Waals surface area contributed by atoms with Crippen molar-refractivity contribution in [2.45, 2.75) is 43.4 Å². The summed E-state index contributed by atoms with van der Waals surface area (Å²) in [7, 11) is 1.88. The van der Waals surface area contributed by atoms with E-state index in [2.05, 4.69) is 0 Å². The molecule has 3 unspecified atom stereocenters. The van der Waals surface area contributed by atoms with E-state index < -0.39 is 17.5 Å². The quantitative estimate of drug-likeness (QED) is 0.719. The van der Waals surface area contributed by atoms with E-state index in [1.54, 1.807) is 6.07 Å². The van der Waals surface area contributed by atoms with Crippen LogP contribution in [0.5, 0.6) is 5.75 Å². The number of carboxylic acids is 2. The summed E-state index contributed by atoms with van der Waals surface area (Å²) in [6.45, 7) is 0. The van der Waals surface area contributed by atoms with Gasteiger partial charge in [0.2, 0.25) is 0 Å². The topological polar surface area (TPSA) is 87.1 Å². The molecule has 2 saturated heterocycles. The third kappa shape index (κ3) is 3.36. The molecule has 2 aliphatic heterocycles. The first-order valence-electron chi connectivity index (χ1n) is 9.57. The summed E-state index contributed by atoms with van der Waals surface area (Å²) < 4.78 is 6.36. The number of carbonyl (C=O) groups is 2. The highest BCUT2D eigenvalue weighted by Gasteiger charge is 2.54. The van der Waals surface area contributed by atoms with Crippen LogP contribution in [0.15, 0.2) is 48.0 Å². The van der Waals surface area contributed by atoms with E-state index in [1.165, 1.54) is 0 Å². The third-order valence-electron chi connectivity index (χ3n) is 6.34. The molecule has 29 heavy (non-hydrogen) atoms. The molecule has 6 nitrogen and oxygen atoms in total. The number of likely N-dealkylation sites (N-methyl/N-ethyl adjacent to an activating group) is 1. The van der Waals surface area contributed by atoms with Gasteiger partial charge in [0.25, 0.3) is 0 Å². The molecule has 4 rings (SSSR count). The number of carboxylic acid groups (broad SMARTS) is 2. The summed E-state index contributed by atoms with van der Waals surface area (Å²) in [5, 5.41) is 21.4. The first-order chi connectivity index (χ1) is 13.8. The Morgan fingerprint density at radius 2 is 1.93 bits per heavy atom. The minimum absolute atomic E-state index is 0.0794. The van der Waals surface area contributed by atoms with Crippen molar-refractivity contribution in [2.24, 2.45) is 0 Å². The molecule has 2 N–H and O–H groups in total. The summed E-state index contributed by atoms with van der Waals surface area (Å²) in [5.41, 5.74) is -0.927. The fraction of sp³-hybridized carbons (Fsp3) is 0.364. The number of halogens is 1. The number of ether oxygens (including phenoxy) is 1. The molecule has 2 bridgehead atoms. The van der Waals surface area contributed by atoms with Gasteiger partial charge >= 0.3 is 11.9 Å². The molecule has 2 aliphatic rings. The van der Waals surface area contributed by atoms with Crippen molar-refractivity contribution >= 4 is 34.3 Å². The molecule has 0 aliphatic carbocycles. The van der Waals surface area contributed by atoms with E-state index >= 15 is 0 Å². The number of fused-ring (bicyclic) bond motifs is 3. The second-order valence-corrected chi connectivity index (χ2v) is 8.21. The molecule has 0 spiro atoms. The molecule has 2 fully saturated rings. The van der Waals surface area contributed by atoms with Crippen LogP contribution >= 0.6 is 11.6 Å². The lowest BCUT2D eigenvalue weighted by Crippen LogP contribution is -2.55. The van der Waals surface area contributed by atoms with Gasteiger partial charge in [0, 0.05) is 34.3 Å². The lowest BCUT2D eigenvalue weighted by molar-refractivity contribution is -0.137. The van der Waals surface area contributed by atoms with E-state index in [0.717, 1.165) is 29.7 Å². The number of piperidine rings is 1. The summed E-state index contributed by atoms with van der Waals surface area (Å²) in [6, 6.07) is 11.5. The monoisotopic (exact) mass is 415 g/mol. The first-order valence-corrected chi connectivity index (χ1v) is 9.95. The number of benzene rings is 2. The summed E-state index contributed by atoms with van der Waals surface area (Å²) in [4.78, 5) is 25.2. The fourth-order valence-electron chi connectivity index (χ4n) is 4.97. The zero-order valence-corrected chi connectivity index (χ0v) is 16.7. The Balaban J connectivity index is 1.69. The Hall–Kier alpha value is -2.57. The average molecular weight is 416 g/mol. The maximum Gasteiger partial charge on any atom is 0.333 e. The minimum atomic E-state index is -1.25. The predicted molar refractivity (Wildman–Crippen MR) is 109 cm³/mol. The van der Waals surface area contributed by atoms with Gasteiger partial charge in [0.15, 0.2) is 0 Å². The smallest absolute Gasteiger partial charge is 0.333 e. The highest BCUT2D eigenvalue weighted by atomic mass is 35.5. The van der Waals surface area contributed by atoms with Crippen molar-refractivity contribution < 1.29 is 24.5 Å². The van der Waals surface area contributed by atoms with E-state index in [0.29, 0.717) is 23.6 Å². The molecular formula is C22H22ClNO5. The van der Waals surface area contributed by atoms with Gasteiger partial charge in [0.1, 0.15) is 11.9 Å². The second kappa shape index (κ2) is 7.35. The van der Waals surface area contributed by atoms with Crippen molar-refractivity contribution in [3.63, 3.8) is 0 Å². The van der Waals surface area contributed by atoms with Gasteiger partial charge in [-0.25, -0.2) is 9.59 Å². The van der Waals surface area contributed by atoms with Crippen molar-refractivity contribution in [3.05, 3.63) is 53.1 Å². The van der Waals surface area contributed by atoms with E-state index in [-0.39, 0.29) is 17.7 Å². The highest BCUT2D eigenvalue weighted by Crippen LogP contribution is 2.48. The summed E-state index contributed by atoms with van der Waals surface area (Å²) in [6.07, 6.45) is 3.20. The molecule has 152 valence electrons. The van der Waals surface area contributed by atoms with Gasteiger partial charge in [-0.1, -0.05) is 35.9 Å². The zero-order chi connectivity index (χ0) is 20.8. The van der Waals surface area contributed by atoms with Crippen LogP contribution in [-0.2, 0) is 9.59 Å². The van der Waals surface area contributed by atoms with E-state index in [1.807, 2.05) is 42.3 Å². The lowest BCUT2D eigenvalue weighted by atomic mass is 9.80. The number of rotatable bonds is 5. The molecule has 0 saturated carbocycles. The zero-order valence-electron chi connectivity index (χ0n) is 16.0.